The summed E-state index contributed by atoms with van der Waals surface area (Å²) in [6.07, 6.45) is -1.51. The molecule has 1 aromatic rings. The van der Waals surface area contributed by atoms with Crippen LogP contribution in [0.1, 0.15) is 12.0 Å². The van der Waals surface area contributed by atoms with Gasteiger partial charge in [0.25, 0.3) is 0 Å². The number of ether oxygens (including phenoxy) is 1. The van der Waals surface area contributed by atoms with Crippen molar-refractivity contribution >= 4 is 12.1 Å². The summed E-state index contributed by atoms with van der Waals surface area (Å²) in [5.41, 5.74) is 0.822. The van der Waals surface area contributed by atoms with Crippen LogP contribution in [0, 0.1) is 0 Å². The zero-order chi connectivity index (χ0) is 13.8. The standard InChI is InChI=1S/C13H15NO5/c15-10-6-7-14(11(10)12(16)17)13(18)19-8-9-4-2-1-3-5-9/h1-5,10-11,15H,6-8H2,(H,16,17)/t10-,11-/m1/s1. The normalized spacial score (nSPS) is 22.3. The minimum atomic E-state index is -1.22. The van der Waals surface area contributed by atoms with Crippen LogP contribution in [0.2, 0.25) is 0 Å². The van der Waals surface area contributed by atoms with Crippen LogP contribution in [0.3, 0.4) is 0 Å². The molecule has 0 aromatic heterocycles. The molecule has 0 aliphatic carbocycles. The summed E-state index contributed by atoms with van der Waals surface area (Å²) < 4.78 is 5.05. The van der Waals surface area contributed by atoms with Gasteiger partial charge in [-0.3, -0.25) is 4.90 Å². The Morgan fingerprint density at radius 3 is 2.63 bits per heavy atom. The molecule has 2 rings (SSSR count). The predicted octanol–water partition coefficient (Wildman–Crippen LogP) is 0.843. The zero-order valence-corrected chi connectivity index (χ0v) is 10.2. The number of aliphatic hydroxyl groups excluding tert-OH is 1. The third-order valence-corrected chi connectivity index (χ3v) is 3.06. The first-order chi connectivity index (χ1) is 9.09. The minimum absolute atomic E-state index is 0.0820. The number of hydrogen-bond acceptors (Lipinski definition) is 4. The lowest BCUT2D eigenvalue weighted by molar-refractivity contribution is -0.144. The molecule has 0 spiro atoms. The molecule has 1 aliphatic rings. The van der Waals surface area contributed by atoms with Crippen LogP contribution in [0.4, 0.5) is 4.79 Å². The first kappa shape index (κ1) is 13.4. The lowest BCUT2D eigenvalue weighted by Gasteiger charge is -2.22. The summed E-state index contributed by atoms with van der Waals surface area (Å²) in [5, 5.41) is 18.5. The molecule has 2 atom stereocenters. The number of carboxylic acid groups (broad SMARTS) is 1. The van der Waals surface area contributed by atoms with Gasteiger partial charge in [-0.1, -0.05) is 30.3 Å². The second-order valence-electron chi connectivity index (χ2n) is 4.37. The average molecular weight is 265 g/mol. The van der Waals surface area contributed by atoms with Gasteiger partial charge in [-0.2, -0.15) is 0 Å². The van der Waals surface area contributed by atoms with Crippen molar-refractivity contribution in [2.45, 2.75) is 25.2 Å². The first-order valence-electron chi connectivity index (χ1n) is 5.98. The van der Waals surface area contributed by atoms with E-state index >= 15 is 0 Å². The van der Waals surface area contributed by atoms with E-state index in [0.29, 0.717) is 0 Å². The van der Waals surface area contributed by atoms with Crippen molar-refractivity contribution in [3.63, 3.8) is 0 Å². The third-order valence-electron chi connectivity index (χ3n) is 3.06. The first-order valence-corrected chi connectivity index (χ1v) is 5.98. The van der Waals surface area contributed by atoms with Crippen molar-refractivity contribution in [3.05, 3.63) is 35.9 Å². The Labute approximate surface area is 110 Å². The fourth-order valence-electron chi connectivity index (χ4n) is 2.08. The molecule has 1 amide bonds. The highest BCUT2D eigenvalue weighted by atomic mass is 16.6. The highest BCUT2D eigenvalue weighted by molar-refractivity contribution is 5.81. The van der Waals surface area contributed by atoms with Crippen molar-refractivity contribution < 1.29 is 24.5 Å². The van der Waals surface area contributed by atoms with Gasteiger partial charge in [-0.25, -0.2) is 9.59 Å². The van der Waals surface area contributed by atoms with E-state index in [0.717, 1.165) is 10.5 Å². The Bertz CT molecular complexity index is 461. The number of carboxylic acids is 1. The van der Waals surface area contributed by atoms with Crippen LogP contribution in [-0.2, 0) is 16.1 Å². The quantitative estimate of drug-likeness (QED) is 0.845. The van der Waals surface area contributed by atoms with Gasteiger partial charge in [0.15, 0.2) is 6.04 Å². The van der Waals surface area contributed by atoms with E-state index in [4.69, 9.17) is 9.84 Å². The molecule has 6 heteroatoms. The topological polar surface area (TPSA) is 87.1 Å². The van der Waals surface area contributed by atoms with E-state index in [1.807, 2.05) is 18.2 Å². The number of carbonyl (C=O) groups is 2. The van der Waals surface area contributed by atoms with Crippen LogP contribution in [0.5, 0.6) is 0 Å². The fourth-order valence-corrected chi connectivity index (χ4v) is 2.08. The van der Waals surface area contributed by atoms with Crippen LogP contribution < -0.4 is 0 Å². The molecule has 1 heterocycles. The molecule has 1 aromatic carbocycles. The van der Waals surface area contributed by atoms with Gasteiger partial charge < -0.3 is 14.9 Å². The van der Waals surface area contributed by atoms with Crippen LogP contribution in [-0.4, -0.2) is 45.9 Å². The van der Waals surface area contributed by atoms with Gasteiger partial charge in [0.05, 0.1) is 6.10 Å². The lowest BCUT2D eigenvalue weighted by atomic mass is 10.2. The van der Waals surface area contributed by atoms with E-state index in [9.17, 15) is 14.7 Å². The number of benzene rings is 1. The van der Waals surface area contributed by atoms with Crippen molar-refractivity contribution in [1.29, 1.82) is 0 Å². The van der Waals surface area contributed by atoms with Gasteiger partial charge in [0.2, 0.25) is 0 Å². The highest BCUT2D eigenvalue weighted by Gasteiger charge is 2.41. The smallest absolute Gasteiger partial charge is 0.410 e. The van der Waals surface area contributed by atoms with Crippen molar-refractivity contribution in [3.8, 4) is 0 Å². The Kier molecular flexibility index (Phi) is 4.01. The monoisotopic (exact) mass is 265 g/mol. The second kappa shape index (κ2) is 5.71. The molecular formula is C13H15NO5. The molecular weight excluding hydrogens is 250 g/mol. The van der Waals surface area contributed by atoms with Gasteiger partial charge in [0, 0.05) is 6.54 Å². The van der Waals surface area contributed by atoms with Gasteiger partial charge in [-0.15, -0.1) is 0 Å². The van der Waals surface area contributed by atoms with Gasteiger partial charge in [0.1, 0.15) is 6.61 Å². The van der Waals surface area contributed by atoms with E-state index in [1.165, 1.54) is 0 Å². The summed E-state index contributed by atoms with van der Waals surface area (Å²) in [6.45, 7) is 0.268. The van der Waals surface area contributed by atoms with Crippen LogP contribution >= 0.6 is 0 Å². The Morgan fingerprint density at radius 1 is 1.32 bits per heavy atom. The number of rotatable bonds is 3. The molecule has 102 valence electrons. The molecule has 0 unspecified atom stereocenters. The zero-order valence-electron chi connectivity index (χ0n) is 10.2. The highest BCUT2D eigenvalue weighted by Crippen LogP contribution is 2.19. The van der Waals surface area contributed by atoms with E-state index in [2.05, 4.69) is 0 Å². The van der Waals surface area contributed by atoms with Crippen molar-refractivity contribution in [1.82, 2.24) is 4.90 Å². The number of carbonyl (C=O) groups excluding carboxylic acids is 1. The molecule has 1 saturated heterocycles. The Hall–Kier alpha value is -2.08. The maximum atomic E-state index is 11.8. The summed E-state index contributed by atoms with van der Waals surface area (Å²) in [6, 6.07) is 7.89. The summed E-state index contributed by atoms with van der Waals surface area (Å²) in [4.78, 5) is 23.9. The largest absolute Gasteiger partial charge is 0.480 e. The number of aliphatic carboxylic acids is 1. The minimum Gasteiger partial charge on any atom is -0.480 e. The predicted molar refractivity (Wildman–Crippen MR) is 65.4 cm³/mol. The summed E-state index contributed by atoms with van der Waals surface area (Å²) in [5.74, 6) is -1.22. The number of hydrogen-bond donors (Lipinski definition) is 2. The number of amides is 1. The van der Waals surface area contributed by atoms with Crippen molar-refractivity contribution in [2.24, 2.45) is 0 Å². The third kappa shape index (κ3) is 3.03. The average Bonchev–Trinajstić information content (AvgIpc) is 2.79. The molecule has 0 bridgehead atoms. The van der Waals surface area contributed by atoms with Crippen LogP contribution in [0.25, 0.3) is 0 Å². The Balaban J connectivity index is 1.95. The molecule has 19 heavy (non-hydrogen) atoms. The van der Waals surface area contributed by atoms with Gasteiger partial charge in [-0.05, 0) is 12.0 Å². The number of aliphatic hydroxyl groups is 1. The maximum Gasteiger partial charge on any atom is 0.410 e. The van der Waals surface area contributed by atoms with Gasteiger partial charge >= 0.3 is 12.1 Å². The number of likely N-dealkylation sites (tertiary alicyclic amines) is 1. The second-order valence-corrected chi connectivity index (χ2v) is 4.37. The fraction of sp³-hybridized carbons (Fsp3) is 0.385. The maximum absolute atomic E-state index is 11.8. The summed E-state index contributed by atoms with van der Waals surface area (Å²) >= 11 is 0. The molecule has 1 fully saturated rings. The summed E-state index contributed by atoms with van der Waals surface area (Å²) in [7, 11) is 0. The van der Waals surface area contributed by atoms with Crippen LogP contribution in [0.15, 0.2) is 30.3 Å². The molecule has 6 nitrogen and oxygen atoms in total. The SMILES string of the molecule is O=C(O)[C@H]1[C@H](O)CCN1C(=O)OCc1ccccc1. The molecule has 0 saturated carbocycles. The van der Waals surface area contributed by atoms with Crippen molar-refractivity contribution in [2.75, 3.05) is 6.54 Å². The molecule has 2 N–H and O–H groups in total. The lowest BCUT2D eigenvalue weighted by Crippen LogP contribution is -2.45. The molecule has 0 radical (unpaired) electrons. The van der Waals surface area contributed by atoms with E-state index in [-0.39, 0.29) is 19.6 Å². The molecule has 1 aliphatic heterocycles. The van der Waals surface area contributed by atoms with E-state index < -0.39 is 24.2 Å². The van der Waals surface area contributed by atoms with E-state index in [1.54, 1.807) is 12.1 Å². The Morgan fingerprint density at radius 2 is 2.00 bits per heavy atom. The number of nitrogens with zero attached hydrogens (tertiary/aromatic N) is 1.